The molecule has 1 rings (SSSR count). The smallest absolute Gasteiger partial charge is 0.341 e. The molecule has 0 amide bonds. The highest BCUT2D eigenvalue weighted by atomic mass is 19.1. The standard InChI is InChI=1S/C8H7FN2O/c1-5(12)6-3-2-4-7(9)8(6)11-10/h2-4,6H,1H3. The van der Waals surface area contributed by atoms with Gasteiger partial charge in [0.15, 0.2) is 0 Å². The van der Waals surface area contributed by atoms with Crippen LogP contribution >= 0.6 is 0 Å². The number of rotatable bonds is 1. The molecule has 0 saturated carbocycles. The fourth-order valence-corrected chi connectivity index (χ4v) is 1.01. The second-order valence-electron chi connectivity index (χ2n) is 2.47. The summed E-state index contributed by atoms with van der Waals surface area (Å²) in [6, 6.07) is 0. The predicted octanol–water partition coefficient (Wildman–Crippen LogP) is 1.29. The molecule has 0 fully saturated rings. The van der Waals surface area contributed by atoms with Crippen molar-refractivity contribution in [3.8, 4) is 0 Å². The lowest BCUT2D eigenvalue weighted by atomic mass is 9.94. The van der Waals surface area contributed by atoms with Gasteiger partial charge >= 0.3 is 5.71 Å². The summed E-state index contributed by atoms with van der Waals surface area (Å²) in [5, 5.41) is 0. The van der Waals surface area contributed by atoms with Crippen LogP contribution < -0.4 is 0 Å². The van der Waals surface area contributed by atoms with Crippen molar-refractivity contribution in [1.29, 1.82) is 0 Å². The van der Waals surface area contributed by atoms with Crippen LogP contribution in [0.15, 0.2) is 24.1 Å². The zero-order valence-corrected chi connectivity index (χ0v) is 6.49. The molecule has 0 bridgehead atoms. The van der Waals surface area contributed by atoms with Crippen LogP contribution in [0.3, 0.4) is 0 Å². The molecule has 1 atom stereocenters. The molecule has 0 spiro atoms. The Morgan fingerprint density at radius 2 is 2.42 bits per heavy atom. The summed E-state index contributed by atoms with van der Waals surface area (Å²) in [5.74, 6) is -1.66. The largest absolute Gasteiger partial charge is 0.361 e. The van der Waals surface area contributed by atoms with E-state index >= 15 is 0 Å². The Morgan fingerprint density at radius 3 is 2.83 bits per heavy atom. The van der Waals surface area contributed by atoms with Gasteiger partial charge in [-0.25, -0.2) is 0 Å². The summed E-state index contributed by atoms with van der Waals surface area (Å²) in [7, 11) is 0. The molecule has 0 heterocycles. The van der Waals surface area contributed by atoms with E-state index in [4.69, 9.17) is 5.53 Å². The van der Waals surface area contributed by atoms with Gasteiger partial charge in [-0.2, -0.15) is 9.18 Å². The first-order valence-electron chi connectivity index (χ1n) is 3.43. The number of carbonyl (C=O) groups is 1. The number of hydrogen-bond donors (Lipinski definition) is 0. The Kier molecular flexibility index (Phi) is 2.31. The van der Waals surface area contributed by atoms with Crippen LogP contribution in [0.4, 0.5) is 4.39 Å². The first-order valence-corrected chi connectivity index (χ1v) is 3.43. The summed E-state index contributed by atoms with van der Waals surface area (Å²) >= 11 is 0. The molecule has 0 aromatic heterocycles. The maximum Gasteiger partial charge on any atom is 0.341 e. The third-order valence-corrected chi connectivity index (χ3v) is 1.63. The third kappa shape index (κ3) is 1.38. The molecule has 0 saturated heterocycles. The van der Waals surface area contributed by atoms with Gasteiger partial charge in [0.1, 0.15) is 11.7 Å². The number of allylic oxidation sites excluding steroid dienone is 4. The zero-order valence-electron chi connectivity index (χ0n) is 6.49. The lowest BCUT2D eigenvalue weighted by Gasteiger charge is -2.04. The van der Waals surface area contributed by atoms with Gasteiger partial charge in [-0.1, -0.05) is 12.2 Å². The topological polar surface area (TPSA) is 53.5 Å². The molecule has 1 unspecified atom stereocenters. The second-order valence-corrected chi connectivity index (χ2v) is 2.47. The lowest BCUT2D eigenvalue weighted by Crippen LogP contribution is -2.23. The van der Waals surface area contributed by atoms with Crippen LogP contribution in [0.1, 0.15) is 6.92 Å². The van der Waals surface area contributed by atoms with E-state index in [-0.39, 0.29) is 11.5 Å². The van der Waals surface area contributed by atoms with Crippen LogP contribution in [0.25, 0.3) is 5.53 Å². The molecule has 1 aliphatic carbocycles. The SMILES string of the molecule is CC(=O)C1C=CC=C(F)C1=[N+]=[N-]. The lowest BCUT2D eigenvalue weighted by molar-refractivity contribution is -0.118. The molecule has 12 heavy (non-hydrogen) atoms. The minimum absolute atomic E-state index is 0.218. The highest BCUT2D eigenvalue weighted by molar-refractivity contribution is 6.11. The molecular weight excluding hydrogens is 159 g/mol. The van der Waals surface area contributed by atoms with Crippen LogP contribution in [-0.2, 0) is 4.79 Å². The van der Waals surface area contributed by atoms with E-state index in [0.29, 0.717) is 0 Å². The molecule has 0 aromatic carbocycles. The summed E-state index contributed by atoms with van der Waals surface area (Å²) in [4.78, 5) is 13.6. The monoisotopic (exact) mass is 166 g/mol. The van der Waals surface area contributed by atoms with Gasteiger partial charge in [0.05, 0.1) is 0 Å². The predicted molar refractivity (Wildman–Crippen MR) is 41.1 cm³/mol. The van der Waals surface area contributed by atoms with E-state index in [9.17, 15) is 9.18 Å². The van der Waals surface area contributed by atoms with Gasteiger partial charge in [-0.15, -0.1) is 0 Å². The molecule has 62 valence electrons. The number of ketones is 1. The zero-order chi connectivity index (χ0) is 9.14. The van der Waals surface area contributed by atoms with Crippen molar-refractivity contribution in [3.05, 3.63) is 29.6 Å². The average Bonchev–Trinajstić information content (AvgIpc) is 2.03. The van der Waals surface area contributed by atoms with E-state index in [1.54, 1.807) is 0 Å². The summed E-state index contributed by atoms with van der Waals surface area (Å²) in [6.07, 6.45) is 4.06. The van der Waals surface area contributed by atoms with Crippen molar-refractivity contribution in [2.24, 2.45) is 5.92 Å². The van der Waals surface area contributed by atoms with Gasteiger partial charge in [0.2, 0.25) is 5.83 Å². The van der Waals surface area contributed by atoms with Gasteiger partial charge < -0.3 is 5.53 Å². The van der Waals surface area contributed by atoms with Crippen molar-refractivity contribution in [2.45, 2.75) is 6.92 Å². The van der Waals surface area contributed by atoms with Gasteiger partial charge in [0.25, 0.3) is 0 Å². The Balaban J connectivity index is 3.09. The van der Waals surface area contributed by atoms with E-state index in [0.717, 1.165) is 6.08 Å². The van der Waals surface area contributed by atoms with E-state index in [1.807, 2.05) is 0 Å². The molecule has 0 N–H and O–H groups in total. The van der Waals surface area contributed by atoms with Gasteiger partial charge in [0, 0.05) is 0 Å². The number of carbonyl (C=O) groups excluding carboxylic acids is 1. The van der Waals surface area contributed by atoms with Crippen LogP contribution in [0, 0.1) is 5.92 Å². The van der Waals surface area contributed by atoms with Crippen LogP contribution in [-0.4, -0.2) is 16.3 Å². The van der Waals surface area contributed by atoms with E-state index in [1.165, 1.54) is 19.1 Å². The first kappa shape index (κ1) is 8.56. The normalized spacial score (nSPS) is 21.7. The quantitative estimate of drug-likeness (QED) is 0.427. The van der Waals surface area contributed by atoms with E-state index < -0.39 is 11.7 Å². The summed E-state index contributed by atoms with van der Waals surface area (Å²) < 4.78 is 12.8. The Morgan fingerprint density at radius 1 is 1.75 bits per heavy atom. The highest BCUT2D eigenvalue weighted by Crippen LogP contribution is 2.15. The first-order chi connectivity index (χ1) is 5.66. The minimum Gasteiger partial charge on any atom is -0.361 e. The Hall–Kier alpha value is -1.54. The van der Waals surface area contributed by atoms with Crippen LogP contribution in [0.5, 0.6) is 0 Å². The fraction of sp³-hybridized carbons (Fsp3) is 0.250. The van der Waals surface area contributed by atoms with Crippen molar-refractivity contribution in [1.82, 2.24) is 0 Å². The van der Waals surface area contributed by atoms with Crippen molar-refractivity contribution in [3.63, 3.8) is 0 Å². The average molecular weight is 166 g/mol. The molecule has 0 aromatic rings. The molecule has 0 radical (unpaired) electrons. The van der Waals surface area contributed by atoms with Gasteiger partial charge in [-0.05, 0) is 13.0 Å². The number of hydrogen-bond acceptors (Lipinski definition) is 1. The van der Waals surface area contributed by atoms with Crippen molar-refractivity contribution in [2.75, 3.05) is 0 Å². The Labute approximate surface area is 68.8 Å². The number of Topliss-reactive ketones (excluding diaryl/α,β-unsaturated/α-hetero) is 1. The fourth-order valence-electron chi connectivity index (χ4n) is 1.01. The summed E-state index contributed by atoms with van der Waals surface area (Å²) in [6.45, 7) is 1.32. The molecule has 1 aliphatic rings. The Bertz CT molecular complexity index is 324. The van der Waals surface area contributed by atoms with Gasteiger partial charge in [-0.3, -0.25) is 4.79 Å². The second kappa shape index (κ2) is 3.24. The van der Waals surface area contributed by atoms with Crippen LogP contribution in [0.2, 0.25) is 0 Å². The number of halogens is 1. The minimum atomic E-state index is -0.750. The molecule has 4 heteroatoms. The van der Waals surface area contributed by atoms with Crippen molar-refractivity contribution >= 4 is 11.5 Å². The molecule has 3 nitrogen and oxygen atoms in total. The van der Waals surface area contributed by atoms with Crippen molar-refractivity contribution < 1.29 is 14.0 Å². The maximum absolute atomic E-state index is 12.8. The molecular formula is C8H7FN2O. The number of nitrogens with zero attached hydrogens (tertiary/aromatic N) is 2. The third-order valence-electron chi connectivity index (χ3n) is 1.63. The van der Waals surface area contributed by atoms with E-state index in [2.05, 4.69) is 4.79 Å². The maximum atomic E-state index is 12.8. The summed E-state index contributed by atoms with van der Waals surface area (Å²) in [5.41, 5.74) is 8.18. The molecule has 0 aliphatic heterocycles. The highest BCUT2D eigenvalue weighted by Gasteiger charge is 2.31.